The van der Waals surface area contributed by atoms with Gasteiger partial charge in [0.1, 0.15) is 5.82 Å². The normalized spacial score (nSPS) is 20.1. The predicted octanol–water partition coefficient (Wildman–Crippen LogP) is 4.86. The minimum Gasteiger partial charge on any atom is -0.463 e. The van der Waals surface area contributed by atoms with Crippen molar-refractivity contribution in [3.8, 4) is 0 Å². The van der Waals surface area contributed by atoms with Gasteiger partial charge in [0.2, 0.25) is 5.92 Å². The molecule has 0 bridgehead atoms. The van der Waals surface area contributed by atoms with Crippen molar-refractivity contribution in [1.29, 1.82) is 0 Å². The molecule has 1 atom stereocenters. The van der Waals surface area contributed by atoms with E-state index in [-0.39, 0.29) is 47.9 Å². The zero-order valence-corrected chi connectivity index (χ0v) is 21.5. The number of rotatable bonds is 5. The molecule has 2 fully saturated rings. The van der Waals surface area contributed by atoms with Crippen molar-refractivity contribution in [1.82, 2.24) is 4.98 Å². The fourth-order valence-electron chi connectivity index (χ4n) is 4.57. The lowest BCUT2D eigenvalue weighted by molar-refractivity contribution is -0.0263. The van der Waals surface area contributed by atoms with E-state index in [0.29, 0.717) is 11.3 Å². The first-order valence-corrected chi connectivity index (χ1v) is 13.7. The molecule has 1 unspecified atom stereocenters. The van der Waals surface area contributed by atoms with Gasteiger partial charge < -0.3 is 20.2 Å². The van der Waals surface area contributed by atoms with Crippen LogP contribution in [0.25, 0.3) is 0 Å². The summed E-state index contributed by atoms with van der Waals surface area (Å²) in [5.41, 5.74) is 0.906. The van der Waals surface area contributed by atoms with Crippen molar-refractivity contribution in [3.05, 3.63) is 41.6 Å². The molecule has 0 spiro atoms. The fourth-order valence-corrected chi connectivity index (χ4v) is 5.65. The molecule has 0 saturated carbocycles. The molecule has 9 nitrogen and oxygen atoms in total. The van der Waals surface area contributed by atoms with Crippen molar-refractivity contribution >= 4 is 38.9 Å². The van der Waals surface area contributed by atoms with E-state index in [1.165, 1.54) is 35.4 Å². The summed E-state index contributed by atoms with van der Waals surface area (Å²) in [6.07, 6.45) is 0.379. The van der Waals surface area contributed by atoms with Gasteiger partial charge in [-0.05, 0) is 37.1 Å². The van der Waals surface area contributed by atoms with Crippen LogP contribution in [0, 0.1) is 6.92 Å². The number of hydrogen-bond acceptors (Lipinski definition) is 6. The summed E-state index contributed by atoms with van der Waals surface area (Å²) in [7, 11) is -3.30. The highest BCUT2D eigenvalue weighted by molar-refractivity contribution is 7.93. The highest BCUT2D eigenvalue weighted by Gasteiger charge is 2.45. The Bertz CT molecular complexity index is 1390. The highest BCUT2D eigenvalue weighted by atomic mass is 32.2. The Kier molecular flexibility index (Phi) is 7.30. The first kappa shape index (κ1) is 27.6. The minimum absolute atomic E-state index is 0.0424. The number of carboxylic acid groups (broad SMARTS) is 1. The molecular weight excluding hydrogens is 530 g/mol. The quantitative estimate of drug-likeness (QED) is 0.505. The molecule has 2 saturated heterocycles. The number of carbonyl (C=O) groups is 2. The van der Waals surface area contributed by atoms with Crippen molar-refractivity contribution in [2.45, 2.75) is 42.9 Å². The van der Waals surface area contributed by atoms with Crippen LogP contribution >= 0.6 is 0 Å². The van der Waals surface area contributed by atoms with Gasteiger partial charge in [0.05, 0.1) is 40.3 Å². The zero-order valence-electron chi connectivity index (χ0n) is 20.7. The summed E-state index contributed by atoms with van der Waals surface area (Å²) < 4.78 is 71.1. The van der Waals surface area contributed by atoms with E-state index in [0.717, 1.165) is 6.26 Å². The predicted molar refractivity (Wildman–Crippen MR) is 134 cm³/mol. The number of alkyl halides is 4. The smallest absolute Gasteiger partial charge is 0.439 e. The van der Waals surface area contributed by atoms with Gasteiger partial charge in [-0.2, -0.15) is 0 Å². The molecule has 3 heterocycles. The van der Waals surface area contributed by atoms with Gasteiger partial charge in [-0.1, -0.05) is 6.07 Å². The van der Waals surface area contributed by atoms with E-state index in [2.05, 4.69) is 14.7 Å². The Labute approximate surface area is 217 Å². The fraction of sp³-hybridized carbons (Fsp3) is 0.458. The second-order valence-electron chi connectivity index (χ2n) is 9.53. The van der Waals surface area contributed by atoms with Gasteiger partial charge in [-0.3, -0.25) is 4.79 Å². The maximum atomic E-state index is 14.0. The molecule has 2 aliphatic rings. The number of anilines is 3. The van der Waals surface area contributed by atoms with Crippen LogP contribution in [0.5, 0.6) is 0 Å². The van der Waals surface area contributed by atoms with Crippen molar-refractivity contribution in [3.63, 3.8) is 0 Å². The maximum Gasteiger partial charge on any atom is 0.439 e. The van der Waals surface area contributed by atoms with E-state index >= 15 is 0 Å². The molecule has 2 amide bonds. The van der Waals surface area contributed by atoms with Gasteiger partial charge in [0.25, 0.3) is 11.8 Å². The molecule has 206 valence electrons. The van der Waals surface area contributed by atoms with Gasteiger partial charge in [-0.15, -0.1) is 4.36 Å². The summed E-state index contributed by atoms with van der Waals surface area (Å²) in [4.78, 5) is 32.0. The average molecular weight is 558 g/mol. The van der Waals surface area contributed by atoms with Gasteiger partial charge in [0, 0.05) is 42.8 Å². The summed E-state index contributed by atoms with van der Waals surface area (Å²) >= 11 is 0. The van der Waals surface area contributed by atoms with E-state index in [4.69, 9.17) is 5.11 Å². The first-order valence-electron chi connectivity index (χ1n) is 11.8. The monoisotopic (exact) mass is 557 g/mol. The van der Waals surface area contributed by atoms with Gasteiger partial charge >= 0.3 is 6.09 Å². The number of benzene rings is 1. The van der Waals surface area contributed by atoms with Crippen LogP contribution in [0.3, 0.4) is 0 Å². The standard InChI is InChI=1S/C24H27F4N5O4S/c1-15-18(33-13-24(27,28)14-33)12-29-20(32-9-4-7-23(25,26)8-10-32)19(15)21(34)30-16-5-3-6-17(11-16)38(2,37)31-22(35)36/h3,5-6,11-12H,4,7-10,13-14H2,1-2H3,(H,30,34)(H,35,36). The number of pyridine rings is 1. The van der Waals surface area contributed by atoms with E-state index in [9.17, 15) is 31.4 Å². The molecule has 0 radical (unpaired) electrons. The van der Waals surface area contributed by atoms with Gasteiger partial charge in [0.15, 0.2) is 0 Å². The topological polar surface area (TPSA) is 115 Å². The molecule has 0 aliphatic carbocycles. The molecule has 2 N–H and O–H groups in total. The summed E-state index contributed by atoms with van der Waals surface area (Å²) in [5, 5.41) is 11.6. The van der Waals surface area contributed by atoms with Crippen LogP contribution in [0.1, 0.15) is 35.2 Å². The summed E-state index contributed by atoms with van der Waals surface area (Å²) in [6.45, 7) is 0.690. The number of nitrogens with one attached hydrogen (secondary N) is 1. The van der Waals surface area contributed by atoms with Crippen molar-refractivity contribution in [2.75, 3.05) is 47.6 Å². The van der Waals surface area contributed by atoms with Crippen LogP contribution in [0.4, 0.5) is 39.5 Å². The largest absolute Gasteiger partial charge is 0.463 e. The SMILES string of the molecule is Cc1c(N2CC(F)(F)C2)cnc(N2CCCC(F)(F)CC2)c1C(=O)Nc1cccc(S(C)(=O)=NC(=O)O)c1. The van der Waals surface area contributed by atoms with Crippen LogP contribution in [-0.2, 0) is 9.73 Å². The first-order chi connectivity index (χ1) is 17.7. The molecule has 4 rings (SSSR count). The Morgan fingerprint density at radius 1 is 1.11 bits per heavy atom. The maximum absolute atomic E-state index is 14.0. The van der Waals surface area contributed by atoms with Crippen LogP contribution in [-0.4, -0.2) is 70.6 Å². The molecule has 14 heteroatoms. The van der Waals surface area contributed by atoms with E-state index in [1.54, 1.807) is 11.8 Å². The van der Waals surface area contributed by atoms with E-state index in [1.807, 2.05) is 0 Å². The number of halogens is 4. The Morgan fingerprint density at radius 3 is 2.47 bits per heavy atom. The number of amides is 2. The Balaban J connectivity index is 1.71. The van der Waals surface area contributed by atoms with Crippen LogP contribution < -0.4 is 15.1 Å². The Hall–Kier alpha value is -3.42. The molecular formula is C24H27F4N5O4S. The zero-order chi connectivity index (χ0) is 27.9. The van der Waals surface area contributed by atoms with Crippen LogP contribution in [0.15, 0.2) is 39.7 Å². The summed E-state index contributed by atoms with van der Waals surface area (Å²) in [5.74, 6) is -6.22. The highest BCUT2D eigenvalue weighted by Crippen LogP contribution is 2.38. The molecule has 38 heavy (non-hydrogen) atoms. The molecule has 1 aromatic heterocycles. The van der Waals surface area contributed by atoms with Crippen molar-refractivity contribution in [2.24, 2.45) is 4.36 Å². The average Bonchev–Trinajstić information content (AvgIpc) is 2.97. The number of hydrogen-bond donors (Lipinski definition) is 2. The second kappa shape index (κ2) is 10.0. The Morgan fingerprint density at radius 2 is 1.82 bits per heavy atom. The van der Waals surface area contributed by atoms with Crippen LogP contribution in [0.2, 0.25) is 0 Å². The lowest BCUT2D eigenvalue weighted by atomic mass is 10.0. The third kappa shape index (κ3) is 6.00. The lowest BCUT2D eigenvalue weighted by Crippen LogP contribution is -2.56. The number of carbonyl (C=O) groups excluding carboxylic acids is 1. The number of nitrogens with zero attached hydrogens (tertiary/aromatic N) is 4. The molecule has 2 aromatic rings. The summed E-state index contributed by atoms with van der Waals surface area (Å²) in [6, 6.07) is 5.69. The third-order valence-electron chi connectivity index (χ3n) is 6.50. The molecule has 2 aliphatic heterocycles. The molecule has 1 aromatic carbocycles. The lowest BCUT2D eigenvalue weighted by Gasteiger charge is -2.41. The number of aromatic nitrogens is 1. The van der Waals surface area contributed by atoms with Crippen molar-refractivity contribution < 1.29 is 36.5 Å². The van der Waals surface area contributed by atoms with Gasteiger partial charge in [-0.25, -0.2) is 31.5 Å². The van der Waals surface area contributed by atoms with E-state index < -0.39 is 53.1 Å². The third-order valence-corrected chi connectivity index (χ3v) is 8.14. The second-order valence-corrected chi connectivity index (χ2v) is 11.8. The minimum atomic E-state index is -3.30.